The Bertz CT molecular complexity index is 231. The number of hydrogen-bond acceptors (Lipinski definition) is 3. The minimum absolute atomic E-state index is 0.876. The van der Waals surface area contributed by atoms with Gasteiger partial charge in [0.05, 0.1) is 11.9 Å². The van der Waals surface area contributed by atoms with Gasteiger partial charge >= 0.3 is 0 Å². The molecule has 0 saturated carbocycles. The van der Waals surface area contributed by atoms with E-state index in [1.165, 1.54) is 5.69 Å². The lowest BCUT2D eigenvalue weighted by Crippen LogP contribution is -2.17. The maximum atomic E-state index is 4.01. The van der Waals surface area contributed by atoms with E-state index >= 15 is 0 Å². The number of nitrogens with zero attached hydrogens (tertiary/aromatic N) is 3. The first-order valence-electron chi connectivity index (χ1n) is 4.96. The summed E-state index contributed by atoms with van der Waals surface area (Å²) in [5.74, 6) is 0. The van der Waals surface area contributed by atoms with Crippen LogP contribution in [0.2, 0.25) is 0 Å². The molecule has 0 aliphatic heterocycles. The van der Waals surface area contributed by atoms with E-state index in [2.05, 4.69) is 29.5 Å². The van der Waals surface area contributed by atoms with Gasteiger partial charge in [0, 0.05) is 13.1 Å². The minimum atomic E-state index is 0.876. The van der Waals surface area contributed by atoms with Gasteiger partial charge in [-0.3, -0.25) is 0 Å². The zero-order valence-electron chi connectivity index (χ0n) is 8.45. The van der Waals surface area contributed by atoms with E-state index in [0.29, 0.717) is 0 Å². The van der Waals surface area contributed by atoms with Gasteiger partial charge in [0.1, 0.15) is 0 Å². The molecule has 0 spiro atoms. The van der Waals surface area contributed by atoms with Crippen LogP contribution in [0.3, 0.4) is 0 Å². The van der Waals surface area contributed by atoms with E-state index in [-0.39, 0.29) is 0 Å². The first kappa shape index (κ1) is 10.2. The first-order chi connectivity index (χ1) is 6.38. The van der Waals surface area contributed by atoms with Crippen molar-refractivity contribution in [2.45, 2.75) is 39.8 Å². The number of aryl methyl sites for hydroxylation is 1. The molecular weight excluding hydrogens is 164 g/mol. The molecule has 0 radical (unpaired) electrons. The molecule has 1 aromatic heterocycles. The normalized spacial score (nSPS) is 10.6. The average molecular weight is 182 g/mol. The van der Waals surface area contributed by atoms with Gasteiger partial charge in [0.15, 0.2) is 0 Å². The summed E-state index contributed by atoms with van der Waals surface area (Å²) in [5, 5.41) is 11.2. The van der Waals surface area contributed by atoms with Gasteiger partial charge in [-0.25, -0.2) is 4.68 Å². The molecule has 0 fully saturated rings. The monoisotopic (exact) mass is 182 g/mol. The van der Waals surface area contributed by atoms with Crippen LogP contribution >= 0.6 is 0 Å². The Hall–Kier alpha value is -0.900. The van der Waals surface area contributed by atoms with Crippen LogP contribution in [0, 0.1) is 0 Å². The number of nitrogens with one attached hydrogen (secondary N) is 1. The van der Waals surface area contributed by atoms with E-state index < -0.39 is 0 Å². The molecule has 4 heteroatoms. The molecule has 0 aromatic carbocycles. The van der Waals surface area contributed by atoms with Gasteiger partial charge in [-0.1, -0.05) is 19.1 Å². The number of hydrogen-bond donors (Lipinski definition) is 1. The quantitative estimate of drug-likeness (QED) is 0.672. The zero-order chi connectivity index (χ0) is 9.52. The Morgan fingerprint density at radius 1 is 1.38 bits per heavy atom. The topological polar surface area (TPSA) is 42.7 Å². The van der Waals surface area contributed by atoms with Crippen LogP contribution < -0.4 is 5.32 Å². The smallest absolute Gasteiger partial charge is 0.0738 e. The minimum Gasteiger partial charge on any atom is -0.311 e. The molecule has 74 valence electrons. The molecule has 0 aliphatic rings. The maximum absolute atomic E-state index is 4.01. The van der Waals surface area contributed by atoms with Gasteiger partial charge < -0.3 is 5.32 Å². The Balaban J connectivity index is 2.40. The highest BCUT2D eigenvalue weighted by Crippen LogP contribution is 1.97. The number of rotatable bonds is 6. The van der Waals surface area contributed by atoms with Crippen molar-refractivity contribution in [2.75, 3.05) is 6.54 Å². The maximum Gasteiger partial charge on any atom is 0.0738 e. The highest BCUT2D eigenvalue weighted by atomic mass is 15.4. The Morgan fingerprint density at radius 3 is 2.92 bits per heavy atom. The van der Waals surface area contributed by atoms with E-state index in [1.807, 2.05) is 10.9 Å². The molecule has 13 heavy (non-hydrogen) atoms. The summed E-state index contributed by atoms with van der Waals surface area (Å²) in [7, 11) is 0. The third kappa shape index (κ3) is 3.14. The predicted octanol–water partition coefficient (Wildman–Crippen LogP) is 1.19. The lowest BCUT2D eigenvalue weighted by atomic mass is 10.4. The van der Waals surface area contributed by atoms with Crippen molar-refractivity contribution >= 4 is 0 Å². The van der Waals surface area contributed by atoms with Crippen molar-refractivity contribution in [1.82, 2.24) is 20.3 Å². The van der Waals surface area contributed by atoms with Crippen LogP contribution in [0.15, 0.2) is 6.20 Å². The standard InChI is InChI=1S/C9H18N4/c1-3-5-10-7-9-8-11-12-13(9)6-4-2/h8,10H,3-7H2,1-2H3. The van der Waals surface area contributed by atoms with Crippen LogP contribution in [0.4, 0.5) is 0 Å². The zero-order valence-corrected chi connectivity index (χ0v) is 8.45. The second kappa shape index (κ2) is 5.70. The molecule has 0 bridgehead atoms. The van der Waals surface area contributed by atoms with Crippen molar-refractivity contribution in [2.24, 2.45) is 0 Å². The summed E-state index contributed by atoms with van der Waals surface area (Å²) in [6, 6.07) is 0. The fourth-order valence-corrected chi connectivity index (χ4v) is 1.21. The van der Waals surface area contributed by atoms with Crippen LogP contribution in [0.1, 0.15) is 32.4 Å². The van der Waals surface area contributed by atoms with Crippen molar-refractivity contribution in [3.8, 4) is 0 Å². The summed E-state index contributed by atoms with van der Waals surface area (Å²) < 4.78 is 1.96. The van der Waals surface area contributed by atoms with E-state index in [9.17, 15) is 0 Å². The van der Waals surface area contributed by atoms with Crippen LogP contribution in [-0.2, 0) is 13.1 Å². The van der Waals surface area contributed by atoms with Crippen LogP contribution in [-0.4, -0.2) is 21.5 Å². The predicted molar refractivity (Wildman–Crippen MR) is 52.3 cm³/mol. The molecule has 1 aromatic rings. The molecule has 0 atom stereocenters. The molecule has 0 aliphatic carbocycles. The van der Waals surface area contributed by atoms with Gasteiger partial charge in [0.2, 0.25) is 0 Å². The molecule has 0 amide bonds. The summed E-state index contributed by atoms with van der Waals surface area (Å²) in [4.78, 5) is 0. The van der Waals surface area contributed by atoms with Crippen molar-refractivity contribution < 1.29 is 0 Å². The van der Waals surface area contributed by atoms with Crippen molar-refractivity contribution in [3.63, 3.8) is 0 Å². The van der Waals surface area contributed by atoms with Crippen molar-refractivity contribution in [1.29, 1.82) is 0 Å². The number of aromatic nitrogens is 3. The largest absolute Gasteiger partial charge is 0.311 e. The second-order valence-electron chi connectivity index (χ2n) is 3.13. The summed E-state index contributed by atoms with van der Waals surface area (Å²) in [5.41, 5.74) is 1.18. The van der Waals surface area contributed by atoms with Gasteiger partial charge in [-0.05, 0) is 19.4 Å². The molecular formula is C9H18N4. The van der Waals surface area contributed by atoms with Crippen molar-refractivity contribution in [3.05, 3.63) is 11.9 Å². The molecule has 4 nitrogen and oxygen atoms in total. The lowest BCUT2D eigenvalue weighted by Gasteiger charge is -2.04. The lowest BCUT2D eigenvalue weighted by molar-refractivity contribution is 0.536. The van der Waals surface area contributed by atoms with Gasteiger partial charge in [0.25, 0.3) is 0 Å². The van der Waals surface area contributed by atoms with E-state index in [4.69, 9.17) is 0 Å². The summed E-state index contributed by atoms with van der Waals surface area (Å²) in [6.45, 7) is 7.20. The van der Waals surface area contributed by atoms with Gasteiger partial charge in [-0.2, -0.15) is 0 Å². The Morgan fingerprint density at radius 2 is 2.23 bits per heavy atom. The highest BCUT2D eigenvalue weighted by molar-refractivity contribution is 4.92. The second-order valence-corrected chi connectivity index (χ2v) is 3.13. The van der Waals surface area contributed by atoms with E-state index in [1.54, 1.807) is 0 Å². The third-order valence-electron chi connectivity index (χ3n) is 1.87. The Labute approximate surface area is 79.3 Å². The summed E-state index contributed by atoms with van der Waals surface area (Å²) >= 11 is 0. The van der Waals surface area contributed by atoms with Crippen LogP contribution in [0.25, 0.3) is 0 Å². The Kier molecular flexibility index (Phi) is 4.46. The molecule has 0 saturated heterocycles. The van der Waals surface area contributed by atoms with Gasteiger partial charge in [-0.15, -0.1) is 5.10 Å². The first-order valence-corrected chi connectivity index (χ1v) is 4.96. The molecule has 1 heterocycles. The van der Waals surface area contributed by atoms with Crippen LogP contribution in [0.5, 0.6) is 0 Å². The molecule has 1 rings (SSSR count). The highest BCUT2D eigenvalue weighted by Gasteiger charge is 2.00. The fraction of sp³-hybridized carbons (Fsp3) is 0.778. The molecule has 0 unspecified atom stereocenters. The summed E-state index contributed by atoms with van der Waals surface area (Å²) in [6.07, 6.45) is 4.10. The third-order valence-corrected chi connectivity index (χ3v) is 1.87. The fourth-order valence-electron chi connectivity index (χ4n) is 1.21. The SMILES string of the molecule is CCCNCc1cnnn1CCC. The van der Waals surface area contributed by atoms with E-state index in [0.717, 1.165) is 32.5 Å². The molecule has 1 N–H and O–H groups in total. The average Bonchev–Trinajstić information content (AvgIpc) is 2.54.